The Bertz CT molecular complexity index is 975. The van der Waals surface area contributed by atoms with Crippen molar-refractivity contribution in [2.24, 2.45) is 0 Å². The van der Waals surface area contributed by atoms with Crippen molar-refractivity contribution in [1.82, 2.24) is 20.0 Å². The summed E-state index contributed by atoms with van der Waals surface area (Å²) in [6.07, 6.45) is 4.86. The average Bonchev–Trinajstić information content (AvgIpc) is 3.20. The second-order valence-electron chi connectivity index (χ2n) is 6.35. The highest BCUT2D eigenvalue weighted by atomic mass is 32.2. The first kappa shape index (κ1) is 21.5. The van der Waals surface area contributed by atoms with E-state index in [1.54, 1.807) is 12.4 Å². The summed E-state index contributed by atoms with van der Waals surface area (Å²) in [5.41, 5.74) is 1.49. The minimum absolute atomic E-state index is 0.00346. The van der Waals surface area contributed by atoms with Crippen LogP contribution in [0.2, 0.25) is 0 Å². The zero-order valence-electron chi connectivity index (χ0n) is 15.9. The Morgan fingerprint density at radius 1 is 1.30 bits per heavy atom. The summed E-state index contributed by atoms with van der Waals surface area (Å²) in [4.78, 5) is 37.8. The lowest BCUT2D eigenvalue weighted by Crippen LogP contribution is -2.38. The molecule has 0 aliphatic carbocycles. The quantitative estimate of drug-likeness (QED) is 0.640. The van der Waals surface area contributed by atoms with Gasteiger partial charge in [0.05, 0.1) is 11.1 Å². The average molecular weight is 436 g/mol. The lowest BCUT2D eigenvalue weighted by molar-refractivity contribution is -0.124. The van der Waals surface area contributed by atoms with E-state index in [0.29, 0.717) is 5.56 Å². The second kappa shape index (κ2) is 9.53. The van der Waals surface area contributed by atoms with Crippen molar-refractivity contribution < 1.29 is 27.9 Å². The number of hydrogen-bond acceptors (Lipinski definition) is 6. The largest absolute Gasteiger partial charge is 0.435 e. The third kappa shape index (κ3) is 5.66. The molecule has 0 atom stereocenters. The number of ether oxygens (including phenoxy) is 1. The van der Waals surface area contributed by atoms with Crippen LogP contribution in [0.25, 0.3) is 6.08 Å². The summed E-state index contributed by atoms with van der Waals surface area (Å²) in [5, 5.41) is 6.22. The number of carbonyl (C=O) groups excluding carboxylic acids is 3. The Morgan fingerprint density at radius 2 is 2.03 bits per heavy atom. The number of amides is 3. The number of carbonyl (C=O) groups is 3. The van der Waals surface area contributed by atoms with Gasteiger partial charge in [-0.05, 0) is 48.0 Å². The zero-order chi connectivity index (χ0) is 21.7. The van der Waals surface area contributed by atoms with Gasteiger partial charge in [-0.1, -0.05) is 12.1 Å². The molecule has 11 heteroatoms. The van der Waals surface area contributed by atoms with Gasteiger partial charge in [0, 0.05) is 19.3 Å². The molecule has 1 aliphatic heterocycles. The first-order chi connectivity index (χ1) is 14.3. The summed E-state index contributed by atoms with van der Waals surface area (Å²) in [6.45, 7) is -0.866. The van der Waals surface area contributed by atoms with Crippen LogP contribution >= 0.6 is 11.8 Å². The van der Waals surface area contributed by atoms with E-state index in [2.05, 4.69) is 15.2 Å². The van der Waals surface area contributed by atoms with E-state index in [1.807, 2.05) is 6.92 Å². The Morgan fingerprint density at radius 3 is 2.67 bits per heavy atom. The first-order valence-corrected chi connectivity index (χ1v) is 9.69. The molecule has 1 fully saturated rings. The van der Waals surface area contributed by atoms with Crippen molar-refractivity contribution in [1.29, 1.82) is 0 Å². The maximum Gasteiger partial charge on any atom is 0.387 e. The summed E-state index contributed by atoms with van der Waals surface area (Å²) in [6, 6.07) is 5.70. The van der Waals surface area contributed by atoms with Gasteiger partial charge in [0.2, 0.25) is 5.91 Å². The molecule has 3 amide bonds. The first-order valence-electron chi connectivity index (χ1n) is 8.88. The fourth-order valence-corrected chi connectivity index (χ4v) is 3.52. The molecule has 8 nitrogen and oxygen atoms in total. The molecule has 1 aromatic carbocycles. The van der Waals surface area contributed by atoms with Gasteiger partial charge in [-0.3, -0.25) is 24.0 Å². The van der Waals surface area contributed by atoms with Crippen LogP contribution in [0, 0.1) is 6.92 Å². The van der Waals surface area contributed by atoms with E-state index >= 15 is 0 Å². The molecule has 0 saturated carbocycles. The molecule has 2 aromatic rings. The van der Waals surface area contributed by atoms with Gasteiger partial charge in [0.15, 0.2) is 0 Å². The van der Waals surface area contributed by atoms with Crippen molar-refractivity contribution in [2.75, 3.05) is 13.1 Å². The van der Waals surface area contributed by atoms with Crippen LogP contribution in [0.1, 0.15) is 11.1 Å². The van der Waals surface area contributed by atoms with E-state index in [0.717, 1.165) is 22.2 Å². The maximum atomic E-state index is 12.5. The predicted molar refractivity (Wildman–Crippen MR) is 106 cm³/mol. The molecule has 30 heavy (non-hydrogen) atoms. The van der Waals surface area contributed by atoms with Crippen LogP contribution in [0.15, 0.2) is 41.6 Å². The number of rotatable bonds is 8. The zero-order valence-corrected chi connectivity index (χ0v) is 16.7. The smallest absolute Gasteiger partial charge is 0.387 e. The Hall–Kier alpha value is -3.21. The van der Waals surface area contributed by atoms with E-state index in [-0.39, 0.29) is 36.2 Å². The summed E-state index contributed by atoms with van der Waals surface area (Å²) >= 11 is 0.776. The molecule has 0 radical (unpaired) electrons. The maximum absolute atomic E-state index is 12.5. The fraction of sp³-hybridized carbons (Fsp3) is 0.263. The number of hydrogen-bond donors (Lipinski definition) is 1. The van der Waals surface area contributed by atoms with E-state index in [4.69, 9.17) is 0 Å². The van der Waals surface area contributed by atoms with Crippen LogP contribution < -0.4 is 10.1 Å². The molecule has 158 valence electrons. The monoisotopic (exact) mass is 436 g/mol. The van der Waals surface area contributed by atoms with Gasteiger partial charge < -0.3 is 10.1 Å². The molecule has 1 saturated heterocycles. The van der Waals surface area contributed by atoms with Crippen LogP contribution in [0.5, 0.6) is 5.75 Å². The Balaban J connectivity index is 1.52. The van der Waals surface area contributed by atoms with Gasteiger partial charge >= 0.3 is 6.61 Å². The number of benzene rings is 1. The molecule has 0 spiro atoms. The van der Waals surface area contributed by atoms with E-state index in [9.17, 15) is 23.2 Å². The molecule has 0 bridgehead atoms. The highest BCUT2D eigenvalue weighted by Crippen LogP contribution is 2.32. The van der Waals surface area contributed by atoms with Crippen molar-refractivity contribution in [2.45, 2.75) is 20.1 Å². The summed E-state index contributed by atoms with van der Waals surface area (Å²) in [5.74, 6) is -0.766. The third-order valence-corrected chi connectivity index (χ3v) is 4.91. The van der Waals surface area contributed by atoms with E-state index < -0.39 is 17.8 Å². The van der Waals surface area contributed by atoms with Crippen LogP contribution in [0.3, 0.4) is 0 Å². The second-order valence-corrected chi connectivity index (χ2v) is 7.34. The molecule has 3 rings (SSSR count). The molecule has 2 heterocycles. The van der Waals surface area contributed by atoms with Gasteiger partial charge in [-0.25, -0.2) is 0 Å². The number of aryl methyl sites for hydroxylation is 1. The summed E-state index contributed by atoms with van der Waals surface area (Å²) < 4.78 is 30.1. The highest BCUT2D eigenvalue weighted by Gasteiger charge is 2.34. The number of nitrogens with zero attached hydrogens (tertiary/aromatic N) is 3. The van der Waals surface area contributed by atoms with Gasteiger partial charge in [0.25, 0.3) is 11.1 Å². The van der Waals surface area contributed by atoms with Crippen molar-refractivity contribution >= 4 is 34.9 Å². The number of halogens is 2. The number of thioether (sulfide) groups is 1. The topological polar surface area (TPSA) is 93.5 Å². The minimum atomic E-state index is -2.92. The third-order valence-electron chi connectivity index (χ3n) is 4.00. The van der Waals surface area contributed by atoms with Crippen LogP contribution in [-0.2, 0) is 16.1 Å². The predicted octanol–water partition coefficient (Wildman–Crippen LogP) is 2.65. The van der Waals surface area contributed by atoms with Crippen molar-refractivity contribution in [3.8, 4) is 5.75 Å². The van der Waals surface area contributed by atoms with Crippen molar-refractivity contribution in [3.63, 3.8) is 0 Å². The number of imide groups is 1. The number of nitrogens with one attached hydrogen (secondary N) is 1. The van der Waals surface area contributed by atoms with Crippen LogP contribution in [0.4, 0.5) is 13.6 Å². The normalized spacial score (nSPS) is 15.3. The molecule has 1 N–H and O–H groups in total. The molecular weight excluding hydrogens is 418 g/mol. The number of alkyl halides is 2. The summed E-state index contributed by atoms with van der Waals surface area (Å²) in [7, 11) is 0. The highest BCUT2D eigenvalue weighted by molar-refractivity contribution is 8.18. The van der Waals surface area contributed by atoms with Crippen LogP contribution in [-0.4, -0.2) is 51.4 Å². The molecule has 1 aliphatic rings. The standard InChI is InChI=1S/C19H18F2N4O4S/c1-12-9-23-24(10-12)11-16(26)22-6-7-25-17(27)15(30-19(25)28)8-13-2-4-14(5-3-13)29-18(20)21/h2-5,8-10,18H,6-7,11H2,1H3,(H,22,26)/b15-8+. The van der Waals surface area contributed by atoms with Gasteiger partial charge in [-0.2, -0.15) is 13.9 Å². The molecule has 1 aromatic heterocycles. The SMILES string of the molecule is Cc1cnn(CC(=O)NCCN2C(=O)S/C(=C/c3ccc(OC(F)F)cc3)C2=O)c1. The van der Waals surface area contributed by atoms with Crippen molar-refractivity contribution in [3.05, 3.63) is 52.7 Å². The Kier molecular flexibility index (Phi) is 6.83. The lowest BCUT2D eigenvalue weighted by atomic mass is 10.2. The van der Waals surface area contributed by atoms with Gasteiger partial charge in [-0.15, -0.1) is 0 Å². The number of aromatic nitrogens is 2. The molecular formula is C19H18F2N4O4S. The van der Waals surface area contributed by atoms with E-state index in [1.165, 1.54) is 35.0 Å². The lowest BCUT2D eigenvalue weighted by Gasteiger charge is -2.13. The van der Waals surface area contributed by atoms with Gasteiger partial charge in [0.1, 0.15) is 12.3 Å². The Labute approximate surface area is 174 Å². The molecule has 0 unspecified atom stereocenters. The fourth-order valence-electron chi connectivity index (χ4n) is 2.65. The minimum Gasteiger partial charge on any atom is -0.435 e.